The van der Waals surface area contributed by atoms with E-state index < -0.39 is 0 Å². The number of rotatable bonds is 3. The van der Waals surface area contributed by atoms with Crippen LogP contribution in [-0.2, 0) is 0 Å². The fourth-order valence-corrected chi connectivity index (χ4v) is 3.54. The highest BCUT2D eigenvalue weighted by Crippen LogP contribution is 2.29. The molecular weight excluding hydrogens is 328 g/mol. The van der Waals surface area contributed by atoms with Crippen LogP contribution in [0, 0.1) is 0 Å². The number of nitrogens with zero attached hydrogens (tertiary/aromatic N) is 4. The van der Waals surface area contributed by atoms with Crippen molar-refractivity contribution in [2.75, 3.05) is 37.0 Å². The Morgan fingerprint density at radius 2 is 1.88 bits per heavy atom. The number of aromatic nitrogens is 2. The Bertz CT molecular complexity index is 998. The van der Waals surface area contributed by atoms with Crippen molar-refractivity contribution in [2.45, 2.75) is 12.5 Å². The Hall–Kier alpha value is -2.86. The van der Waals surface area contributed by atoms with Crippen molar-refractivity contribution in [3.63, 3.8) is 0 Å². The average Bonchev–Trinajstić information content (AvgIpc) is 3.07. The van der Waals surface area contributed by atoms with Crippen molar-refractivity contribution in [3.05, 3.63) is 59.0 Å². The summed E-state index contributed by atoms with van der Waals surface area (Å²) in [5.74, 6) is 0.658. The molecule has 0 saturated carbocycles. The summed E-state index contributed by atoms with van der Waals surface area (Å²) in [4.78, 5) is 21.1. The number of para-hydroxylation sites is 1. The molecule has 0 aliphatic carbocycles. The van der Waals surface area contributed by atoms with Gasteiger partial charge in [-0.25, -0.2) is 4.79 Å². The van der Waals surface area contributed by atoms with E-state index in [1.165, 1.54) is 0 Å². The van der Waals surface area contributed by atoms with E-state index in [4.69, 9.17) is 0 Å². The third-order valence-electron chi connectivity index (χ3n) is 4.82. The second-order valence-electron chi connectivity index (χ2n) is 6.87. The van der Waals surface area contributed by atoms with Crippen LogP contribution in [0.3, 0.4) is 0 Å². The molecule has 1 aliphatic heterocycles. The molecule has 26 heavy (non-hydrogen) atoms. The van der Waals surface area contributed by atoms with E-state index in [-0.39, 0.29) is 11.8 Å². The highest BCUT2D eigenvalue weighted by Gasteiger charge is 2.22. The number of anilines is 2. The second kappa shape index (κ2) is 6.46. The summed E-state index contributed by atoms with van der Waals surface area (Å²) >= 11 is 0. The molecule has 1 aliphatic rings. The molecule has 0 radical (unpaired) electrons. The Morgan fingerprint density at radius 1 is 1.12 bits per heavy atom. The number of aliphatic hydroxyl groups excluding tert-OH is 1. The van der Waals surface area contributed by atoms with E-state index in [0.717, 1.165) is 35.2 Å². The third-order valence-corrected chi connectivity index (χ3v) is 4.82. The number of benzene rings is 2. The predicted octanol–water partition coefficient (Wildman–Crippen LogP) is 2.02. The van der Waals surface area contributed by atoms with Gasteiger partial charge in [0.1, 0.15) is 5.82 Å². The zero-order valence-electron chi connectivity index (χ0n) is 15.0. The van der Waals surface area contributed by atoms with Gasteiger partial charge in [0.15, 0.2) is 0 Å². The number of fused-ring (bicyclic) bond motifs is 1. The molecule has 134 valence electrons. The Labute approximate surface area is 151 Å². The van der Waals surface area contributed by atoms with Gasteiger partial charge in [0, 0.05) is 38.3 Å². The first-order valence-electron chi connectivity index (χ1n) is 8.77. The molecule has 6 nitrogen and oxygen atoms in total. The Morgan fingerprint density at radius 3 is 2.54 bits per heavy atom. The zero-order valence-corrected chi connectivity index (χ0v) is 15.0. The van der Waals surface area contributed by atoms with Crippen LogP contribution < -0.4 is 15.5 Å². The largest absolute Gasteiger partial charge is 0.391 e. The first kappa shape index (κ1) is 16.6. The molecule has 3 aromatic rings. The van der Waals surface area contributed by atoms with E-state index >= 15 is 0 Å². The van der Waals surface area contributed by atoms with Crippen LogP contribution in [0.5, 0.6) is 0 Å². The van der Waals surface area contributed by atoms with Crippen LogP contribution in [0.25, 0.3) is 16.6 Å². The first-order chi connectivity index (χ1) is 12.5. The van der Waals surface area contributed by atoms with Gasteiger partial charge >= 0.3 is 5.69 Å². The summed E-state index contributed by atoms with van der Waals surface area (Å²) < 4.78 is 1.65. The SMILES string of the molecule is CN(C)c1nc(=O)n(-c2ccccc2)c2cc(N3CCC(O)C3)ccc12. The smallest absolute Gasteiger partial charge is 0.354 e. The molecule has 1 atom stereocenters. The Kier molecular flexibility index (Phi) is 4.12. The van der Waals surface area contributed by atoms with Crippen LogP contribution >= 0.6 is 0 Å². The van der Waals surface area contributed by atoms with Crippen LogP contribution in [0.2, 0.25) is 0 Å². The lowest BCUT2D eigenvalue weighted by Crippen LogP contribution is -2.26. The Balaban J connectivity index is 1.98. The highest BCUT2D eigenvalue weighted by atomic mass is 16.3. The minimum atomic E-state index is -0.300. The summed E-state index contributed by atoms with van der Waals surface area (Å²) in [6, 6.07) is 15.6. The molecule has 4 rings (SSSR count). The summed E-state index contributed by atoms with van der Waals surface area (Å²) in [5.41, 5.74) is 2.32. The number of hydrogen-bond acceptors (Lipinski definition) is 5. The number of β-amino-alcohol motifs (C(OH)–C–C–N with tert-alkyl or cyclic N) is 1. The van der Waals surface area contributed by atoms with Gasteiger partial charge in [0.05, 0.1) is 17.3 Å². The molecule has 1 aromatic heterocycles. The van der Waals surface area contributed by atoms with Crippen LogP contribution in [-0.4, -0.2) is 47.9 Å². The van der Waals surface area contributed by atoms with Crippen LogP contribution in [0.1, 0.15) is 6.42 Å². The zero-order chi connectivity index (χ0) is 18.3. The van der Waals surface area contributed by atoms with Crippen molar-refractivity contribution >= 4 is 22.4 Å². The molecule has 0 spiro atoms. The van der Waals surface area contributed by atoms with E-state index in [2.05, 4.69) is 9.88 Å². The van der Waals surface area contributed by atoms with Crippen molar-refractivity contribution in [2.24, 2.45) is 0 Å². The van der Waals surface area contributed by atoms with Crippen molar-refractivity contribution in [3.8, 4) is 5.69 Å². The van der Waals surface area contributed by atoms with Crippen LogP contribution in [0.4, 0.5) is 11.5 Å². The third kappa shape index (κ3) is 2.82. The molecule has 6 heteroatoms. The lowest BCUT2D eigenvalue weighted by Gasteiger charge is -2.21. The van der Waals surface area contributed by atoms with Gasteiger partial charge in [-0.1, -0.05) is 18.2 Å². The highest BCUT2D eigenvalue weighted by molar-refractivity contribution is 5.92. The molecule has 1 fully saturated rings. The predicted molar refractivity (Wildman–Crippen MR) is 105 cm³/mol. The van der Waals surface area contributed by atoms with Crippen molar-refractivity contribution < 1.29 is 5.11 Å². The van der Waals surface area contributed by atoms with Gasteiger partial charge in [0.25, 0.3) is 0 Å². The van der Waals surface area contributed by atoms with Gasteiger partial charge in [-0.2, -0.15) is 4.98 Å². The lowest BCUT2D eigenvalue weighted by atomic mass is 10.1. The van der Waals surface area contributed by atoms with Crippen molar-refractivity contribution in [1.29, 1.82) is 0 Å². The quantitative estimate of drug-likeness (QED) is 0.783. The summed E-state index contributed by atoms with van der Waals surface area (Å²) in [5, 5.41) is 10.8. The number of hydrogen-bond donors (Lipinski definition) is 1. The standard InChI is InChI=1S/C20H22N4O2/c1-22(2)19-17-9-8-15(23-11-10-16(25)13-23)12-18(17)24(20(26)21-19)14-6-4-3-5-7-14/h3-9,12,16,25H,10-11,13H2,1-2H3. The van der Waals surface area contributed by atoms with E-state index in [0.29, 0.717) is 12.4 Å². The van der Waals surface area contributed by atoms with E-state index in [1.807, 2.05) is 67.5 Å². The maximum absolute atomic E-state index is 12.8. The number of aliphatic hydroxyl groups is 1. The monoisotopic (exact) mass is 350 g/mol. The molecule has 2 aromatic carbocycles. The summed E-state index contributed by atoms with van der Waals surface area (Å²) in [7, 11) is 3.78. The fraction of sp³-hybridized carbons (Fsp3) is 0.300. The fourth-order valence-electron chi connectivity index (χ4n) is 3.54. The maximum atomic E-state index is 12.8. The van der Waals surface area contributed by atoms with E-state index in [9.17, 15) is 9.90 Å². The average molecular weight is 350 g/mol. The van der Waals surface area contributed by atoms with Gasteiger partial charge in [0.2, 0.25) is 0 Å². The summed E-state index contributed by atoms with van der Waals surface area (Å²) in [6.07, 6.45) is 0.472. The molecule has 1 N–H and O–H groups in total. The lowest BCUT2D eigenvalue weighted by molar-refractivity contribution is 0.198. The maximum Gasteiger partial charge on any atom is 0.354 e. The van der Waals surface area contributed by atoms with Gasteiger partial charge in [-0.3, -0.25) is 4.57 Å². The van der Waals surface area contributed by atoms with Gasteiger partial charge in [-0.15, -0.1) is 0 Å². The van der Waals surface area contributed by atoms with E-state index in [1.54, 1.807) is 4.57 Å². The minimum absolute atomic E-state index is 0.295. The molecule has 1 unspecified atom stereocenters. The second-order valence-corrected chi connectivity index (χ2v) is 6.87. The van der Waals surface area contributed by atoms with Gasteiger partial charge in [-0.05, 0) is 36.8 Å². The molecule has 2 heterocycles. The normalized spacial score (nSPS) is 17.0. The first-order valence-corrected chi connectivity index (χ1v) is 8.77. The van der Waals surface area contributed by atoms with Gasteiger partial charge < -0.3 is 14.9 Å². The topological polar surface area (TPSA) is 61.6 Å². The molecule has 1 saturated heterocycles. The molecule has 0 bridgehead atoms. The van der Waals surface area contributed by atoms with Crippen LogP contribution in [0.15, 0.2) is 53.3 Å². The summed E-state index contributed by atoms with van der Waals surface area (Å²) in [6.45, 7) is 1.43. The molecular formula is C20H22N4O2. The molecule has 0 amide bonds. The minimum Gasteiger partial charge on any atom is -0.391 e. The van der Waals surface area contributed by atoms with Crippen molar-refractivity contribution in [1.82, 2.24) is 9.55 Å².